The van der Waals surface area contributed by atoms with Crippen molar-refractivity contribution in [3.05, 3.63) is 24.3 Å². The van der Waals surface area contributed by atoms with Crippen molar-refractivity contribution in [1.82, 2.24) is 15.5 Å². The van der Waals surface area contributed by atoms with E-state index in [9.17, 15) is 14.4 Å². The maximum Gasteiger partial charge on any atom is 0.318 e. The first kappa shape index (κ1) is 18.6. The molecule has 2 rings (SSSR count). The summed E-state index contributed by atoms with van der Waals surface area (Å²) in [7, 11) is 0. The number of hydrogen-bond acceptors (Lipinski definition) is 4. The van der Waals surface area contributed by atoms with Gasteiger partial charge in [-0.3, -0.25) is 9.59 Å². The molecule has 0 radical (unpaired) electrons. The van der Waals surface area contributed by atoms with E-state index in [1.54, 1.807) is 25.1 Å². The third-order valence-corrected chi connectivity index (χ3v) is 3.76. The largest absolute Gasteiger partial charge is 0.492 e. The van der Waals surface area contributed by atoms with Gasteiger partial charge in [0.1, 0.15) is 11.8 Å². The Labute approximate surface area is 146 Å². The van der Waals surface area contributed by atoms with E-state index in [4.69, 9.17) is 4.74 Å². The van der Waals surface area contributed by atoms with Crippen molar-refractivity contribution in [2.75, 3.05) is 31.6 Å². The van der Waals surface area contributed by atoms with Gasteiger partial charge in [0.05, 0.1) is 18.7 Å². The van der Waals surface area contributed by atoms with Crippen LogP contribution in [-0.2, 0) is 9.59 Å². The highest BCUT2D eigenvalue weighted by molar-refractivity contribution is 5.98. The Kier molecular flexibility index (Phi) is 6.62. The zero-order valence-electron chi connectivity index (χ0n) is 14.5. The fourth-order valence-electron chi connectivity index (χ4n) is 2.64. The minimum Gasteiger partial charge on any atom is -0.492 e. The molecule has 8 nitrogen and oxygen atoms in total. The predicted octanol–water partition coefficient (Wildman–Crippen LogP) is 0.944. The van der Waals surface area contributed by atoms with Crippen molar-refractivity contribution in [3.63, 3.8) is 0 Å². The maximum atomic E-state index is 12.4. The standard InChI is InChI=1S/C17H24N4O4/c1-3-18-17(24)21-10-9-19-16(23)13(21)11-15(22)20-12-7-5-6-8-14(12)25-4-2/h5-8,13H,3-4,9-11H2,1-2H3,(H,18,24)(H,19,23)(H,20,22)/t13-/m0/s1. The van der Waals surface area contributed by atoms with Crippen LogP contribution in [0, 0.1) is 0 Å². The van der Waals surface area contributed by atoms with Gasteiger partial charge in [0.2, 0.25) is 11.8 Å². The Hall–Kier alpha value is -2.77. The van der Waals surface area contributed by atoms with Crippen molar-refractivity contribution in [2.45, 2.75) is 26.3 Å². The second-order valence-corrected chi connectivity index (χ2v) is 5.52. The number of hydrogen-bond donors (Lipinski definition) is 3. The number of anilines is 1. The fourth-order valence-corrected chi connectivity index (χ4v) is 2.64. The Morgan fingerprint density at radius 1 is 1.32 bits per heavy atom. The molecule has 1 fully saturated rings. The summed E-state index contributed by atoms with van der Waals surface area (Å²) in [5.41, 5.74) is 0.537. The molecule has 1 aromatic rings. The molecule has 0 spiro atoms. The number of piperazine rings is 1. The monoisotopic (exact) mass is 348 g/mol. The highest BCUT2D eigenvalue weighted by atomic mass is 16.5. The summed E-state index contributed by atoms with van der Waals surface area (Å²) in [6, 6.07) is 5.90. The number of carbonyl (C=O) groups is 3. The summed E-state index contributed by atoms with van der Waals surface area (Å²) in [5, 5.41) is 8.12. The molecule has 4 amide bonds. The zero-order chi connectivity index (χ0) is 18.2. The Bertz CT molecular complexity index is 635. The molecule has 1 aliphatic heterocycles. The van der Waals surface area contributed by atoms with Gasteiger partial charge in [-0.15, -0.1) is 0 Å². The summed E-state index contributed by atoms with van der Waals surface area (Å²) in [4.78, 5) is 38.1. The molecule has 0 aromatic heterocycles. The highest BCUT2D eigenvalue weighted by Gasteiger charge is 2.34. The van der Waals surface area contributed by atoms with Gasteiger partial charge in [-0.25, -0.2) is 4.79 Å². The lowest BCUT2D eigenvalue weighted by molar-refractivity contribution is -0.131. The van der Waals surface area contributed by atoms with E-state index in [0.717, 1.165) is 0 Å². The fraction of sp³-hybridized carbons (Fsp3) is 0.471. The van der Waals surface area contributed by atoms with Crippen LogP contribution in [0.3, 0.4) is 0 Å². The lowest BCUT2D eigenvalue weighted by atomic mass is 10.1. The molecule has 8 heteroatoms. The van der Waals surface area contributed by atoms with Crippen LogP contribution in [0.1, 0.15) is 20.3 Å². The Morgan fingerprint density at radius 2 is 2.08 bits per heavy atom. The van der Waals surface area contributed by atoms with Gasteiger partial charge < -0.3 is 25.6 Å². The molecule has 1 atom stereocenters. The molecule has 0 bridgehead atoms. The van der Waals surface area contributed by atoms with E-state index in [0.29, 0.717) is 37.7 Å². The third-order valence-electron chi connectivity index (χ3n) is 3.76. The number of rotatable bonds is 6. The van der Waals surface area contributed by atoms with Crippen molar-refractivity contribution >= 4 is 23.5 Å². The number of carbonyl (C=O) groups excluding carboxylic acids is 3. The van der Waals surface area contributed by atoms with Gasteiger partial charge in [0.25, 0.3) is 0 Å². The minimum atomic E-state index is -0.834. The van der Waals surface area contributed by atoms with E-state index in [1.165, 1.54) is 4.90 Å². The molecular weight excluding hydrogens is 324 g/mol. The predicted molar refractivity (Wildman–Crippen MR) is 93.4 cm³/mol. The molecule has 1 aromatic carbocycles. The van der Waals surface area contributed by atoms with Gasteiger partial charge in [-0.2, -0.15) is 0 Å². The van der Waals surface area contributed by atoms with Gasteiger partial charge in [-0.1, -0.05) is 12.1 Å². The summed E-state index contributed by atoms with van der Waals surface area (Å²) >= 11 is 0. The second-order valence-electron chi connectivity index (χ2n) is 5.52. The van der Waals surface area contributed by atoms with Crippen LogP contribution in [0.15, 0.2) is 24.3 Å². The molecule has 25 heavy (non-hydrogen) atoms. The molecule has 0 saturated carbocycles. The van der Waals surface area contributed by atoms with Gasteiger partial charge in [0.15, 0.2) is 0 Å². The van der Waals surface area contributed by atoms with Crippen molar-refractivity contribution in [1.29, 1.82) is 0 Å². The average Bonchev–Trinajstić information content (AvgIpc) is 2.59. The lowest BCUT2D eigenvalue weighted by Gasteiger charge is -2.34. The first-order chi connectivity index (χ1) is 12.1. The van der Waals surface area contributed by atoms with Gasteiger partial charge in [-0.05, 0) is 26.0 Å². The minimum absolute atomic E-state index is 0.122. The summed E-state index contributed by atoms with van der Waals surface area (Å²) in [6.45, 7) is 5.33. The summed E-state index contributed by atoms with van der Waals surface area (Å²) < 4.78 is 5.47. The van der Waals surface area contributed by atoms with Gasteiger partial charge >= 0.3 is 6.03 Å². The molecule has 136 valence electrons. The first-order valence-corrected chi connectivity index (χ1v) is 8.40. The SMILES string of the molecule is CCNC(=O)N1CCNC(=O)[C@@H]1CC(=O)Nc1ccccc1OCC. The van der Waals surface area contributed by atoms with E-state index in [1.807, 2.05) is 13.0 Å². The number of ether oxygens (including phenoxy) is 1. The number of nitrogens with zero attached hydrogens (tertiary/aromatic N) is 1. The first-order valence-electron chi connectivity index (χ1n) is 8.40. The number of nitrogens with one attached hydrogen (secondary N) is 3. The Morgan fingerprint density at radius 3 is 2.80 bits per heavy atom. The van der Waals surface area contributed by atoms with Crippen LogP contribution in [-0.4, -0.2) is 55.0 Å². The second kappa shape index (κ2) is 8.91. The summed E-state index contributed by atoms with van der Waals surface area (Å²) in [5.74, 6) is -0.124. The molecule has 1 aliphatic rings. The molecule has 0 unspecified atom stereocenters. The smallest absolute Gasteiger partial charge is 0.318 e. The highest BCUT2D eigenvalue weighted by Crippen LogP contribution is 2.24. The Balaban J connectivity index is 2.06. The van der Waals surface area contributed by atoms with E-state index in [-0.39, 0.29) is 24.3 Å². The van der Waals surface area contributed by atoms with E-state index >= 15 is 0 Å². The van der Waals surface area contributed by atoms with Crippen molar-refractivity contribution in [3.8, 4) is 5.75 Å². The average molecular weight is 348 g/mol. The van der Waals surface area contributed by atoms with Crippen molar-refractivity contribution in [2.24, 2.45) is 0 Å². The topological polar surface area (TPSA) is 99.8 Å². The number of urea groups is 1. The molecular formula is C17H24N4O4. The van der Waals surface area contributed by atoms with Crippen LogP contribution in [0.25, 0.3) is 0 Å². The normalized spacial score (nSPS) is 16.8. The van der Waals surface area contributed by atoms with Crippen LogP contribution in [0.4, 0.5) is 10.5 Å². The zero-order valence-corrected chi connectivity index (χ0v) is 14.5. The summed E-state index contributed by atoms with van der Waals surface area (Å²) in [6.07, 6.45) is -0.122. The van der Waals surface area contributed by atoms with Crippen LogP contribution >= 0.6 is 0 Å². The molecule has 0 aliphatic carbocycles. The molecule has 3 N–H and O–H groups in total. The molecule has 1 saturated heterocycles. The number of benzene rings is 1. The number of amides is 4. The quantitative estimate of drug-likeness (QED) is 0.712. The third kappa shape index (κ3) is 4.85. The van der Waals surface area contributed by atoms with E-state index in [2.05, 4.69) is 16.0 Å². The van der Waals surface area contributed by atoms with Gasteiger partial charge in [0, 0.05) is 19.6 Å². The molecule has 1 heterocycles. The maximum absolute atomic E-state index is 12.4. The number of para-hydroxylation sites is 2. The van der Waals surface area contributed by atoms with Crippen LogP contribution in [0.5, 0.6) is 5.75 Å². The van der Waals surface area contributed by atoms with Crippen LogP contribution in [0.2, 0.25) is 0 Å². The van der Waals surface area contributed by atoms with Crippen molar-refractivity contribution < 1.29 is 19.1 Å². The lowest BCUT2D eigenvalue weighted by Crippen LogP contribution is -2.60. The van der Waals surface area contributed by atoms with E-state index < -0.39 is 6.04 Å². The van der Waals surface area contributed by atoms with Crippen LogP contribution < -0.4 is 20.7 Å².